The lowest BCUT2D eigenvalue weighted by molar-refractivity contribution is -0.125. The molecule has 2 aliphatic rings. The molecule has 3 rings (SSSR count). The van der Waals surface area contributed by atoms with Crippen molar-refractivity contribution in [3.63, 3.8) is 0 Å². The Kier molecular flexibility index (Phi) is 3.37. The third kappa shape index (κ3) is 2.37. The van der Waals surface area contributed by atoms with Crippen molar-refractivity contribution < 1.29 is 14.3 Å². The van der Waals surface area contributed by atoms with Gasteiger partial charge in [0.25, 0.3) is 5.91 Å². The highest BCUT2D eigenvalue weighted by atomic mass is 16.5. The second-order valence-corrected chi connectivity index (χ2v) is 4.94. The first-order chi connectivity index (χ1) is 9.65. The highest BCUT2D eigenvalue weighted by Gasteiger charge is 2.29. The zero-order valence-corrected chi connectivity index (χ0v) is 11.0. The van der Waals surface area contributed by atoms with Crippen LogP contribution in [-0.2, 0) is 14.3 Å². The third-order valence-electron chi connectivity index (χ3n) is 3.46. The van der Waals surface area contributed by atoms with Gasteiger partial charge < -0.3 is 15.4 Å². The molecule has 1 aromatic rings. The van der Waals surface area contributed by atoms with E-state index in [-0.39, 0.29) is 24.5 Å². The number of pyridine rings is 1. The third-order valence-corrected chi connectivity index (χ3v) is 3.46. The van der Waals surface area contributed by atoms with Gasteiger partial charge >= 0.3 is 0 Å². The van der Waals surface area contributed by atoms with Crippen molar-refractivity contribution in [1.29, 1.82) is 0 Å². The Hall–Kier alpha value is -1.99. The molecule has 0 spiro atoms. The van der Waals surface area contributed by atoms with Gasteiger partial charge in [0, 0.05) is 25.6 Å². The molecule has 3 heterocycles. The number of amides is 2. The molecule has 2 amide bonds. The maximum atomic E-state index is 11.7. The zero-order valence-electron chi connectivity index (χ0n) is 11.0. The number of nitrogens with two attached hydrogens (primary N) is 1. The number of carbonyl (C=O) groups is 2. The van der Waals surface area contributed by atoms with E-state index in [1.54, 1.807) is 28.1 Å². The number of hydrogen-bond donors (Lipinski definition) is 1. The molecule has 2 N–H and O–H groups in total. The Morgan fingerprint density at radius 1 is 1.25 bits per heavy atom. The topological polar surface area (TPSA) is 88.8 Å². The molecule has 7 heteroatoms. The summed E-state index contributed by atoms with van der Waals surface area (Å²) < 4.78 is 5.09. The first-order valence-electron chi connectivity index (χ1n) is 6.55. The molecule has 1 unspecified atom stereocenters. The van der Waals surface area contributed by atoms with Gasteiger partial charge in [-0.1, -0.05) is 0 Å². The number of aromatic nitrogens is 1. The van der Waals surface area contributed by atoms with Crippen LogP contribution < -0.4 is 15.5 Å². The summed E-state index contributed by atoms with van der Waals surface area (Å²) in [6.07, 6.45) is 1.96. The largest absolute Gasteiger partial charge is 0.370 e. The van der Waals surface area contributed by atoms with Gasteiger partial charge in [0.1, 0.15) is 12.4 Å². The standard InChI is InChI=1S/C13H16N4O3/c14-9-5-12(18)17(7-9)11-2-1-10(6-15-11)16-3-4-20-8-13(16)19/h1-2,6,9H,3-5,7-8,14H2. The fraction of sp³-hybridized carbons (Fsp3) is 0.462. The number of rotatable bonds is 2. The number of anilines is 2. The van der Waals surface area contributed by atoms with Gasteiger partial charge in [0.15, 0.2) is 0 Å². The Morgan fingerprint density at radius 2 is 2.10 bits per heavy atom. The highest BCUT2D eigenvalue weighted by Crippen LogP contribution is 2.22. The minimum atomic E-state index is -0.134. The van der Waals surface area contributed by atoms with Crippen LogP contribution in [0.25, 0.3) is 0 Å². The van der Waals surface area contributed by atoms with E-state index in [1.807, 2.05) is 0 Å². The van der Waals surface area contributed by atoms with Crippen LogP contribution in [0.5, 0.6) is 0 Å². The maximum Gasteiger partial charge on any atom is 0.253 e. The summed E-state index contributed by atoms with van der Waals surface area (Å²) >= 11 is 0. The van der Waals surface area contributed by atoms with E-state index >= 15 is 0 Å². The molecular formula is C13H16N4O3. The maximum absolute atomic E-state index is 11.7. The molecular weight excluding hydrogens is 260 g/mol. The van der Waals surface area contributed by atoms with Crippen molar-refractivity contribution in [3.8, 4) is 0 Å². The van der Waals surface area contributed by atoms with Gasteiger partial charge in [0.2, 0.25) is 5.91 Å². The van der Waals surface area contributed by atoms with Gasteiger partial charge in [-0.15, -0.1) is 0 Å². The number of carbonyl (C=O) groups excluding carboxylic acids is 2. The monoisotopic (exact) mass is 276 g/mol. The fourth-order valence-electron chi connectivity index (χ4n) is 2.45. The molecule has 7 nitrogen and oxygen atoms in total. The van der Waals surface area contributed by atoms with Crippen molar-refractivity contribution in [1.82, 2.24) is 4.98 Å². The SMILES string of the molecule is NC1CC(=O)N(c2ccc(N3CCOCC3=O)cn2)C1. The van der Waals surface area contributed by atoms with Crippen LogP contribution in [0.15, 0.2) is 18.3 Å². The van der Waals surface area contributed by atoms with Gasteiger partial charge in [-0.25, -0.2) is 4.98 Å². The smallest absolute Gasteiger partial charge is 0.253 e. The Labute approximate surface area is 116 Å². The molecule has 0 bridgehead atoms. The predicted molar refractivity (Wildman–Crippen MR) is 72.4 cm³/mol. The normalized spacial score (nSPS) is 23.6. The van der Waals surface area contributed by atoms with Gasteiger partial charge in [-0.05, 0) is 12.1 Å². The van der Waals surface area contributed by atoms with Gasteiger partial charge in [0.05, 0.1) is 18.5 Å². The van der Waals surface area contributed by atoms with E-state index in [0.29, 0.717) is 31.9 Å². The average Bonchev–Trinajstić information content (AvgIpc) is 2.79. The molecule has 2 aliphatic heterocycles. The van der Waals surface area contributed by atoms with Crippen LogP contribution in [0.1, 0.15) is 6.42 Å². The molecule has 20 heavy (non-hydrogen) atoms. The van der Waals surface area contributed by atoms with Crippen LogP contribution in [0, 0.1) is 0 Å². The summed E-state index contributed by atoms with van der Waals surface area (Å²) in [5, 5.41) is 0. The van der Waals surface area contributed by atoms with Crippen LogP contribution in [0.2, 0.25) is 0 Å². The first-order valence-corrected chi connectivity index (χ1v) is 6.55. The molecule has 0 aliphatic carbocycles. The van der Waals surface area contributed by atoms with E-state index in [0.717, 1.165) is 5.69 Å². The molecule has 106 valence electrons. The Bertz CT molecular complexity index is 502. The number of morpholine rings is 1. The van der Waals surface area contributed by atoms with E-state index in [4.69, 9.17) is 10.5 Å². The number of nitrogens with zero attached hydrogens (tertiary/aromatic N) is 3. The lowest BCUT2D eigenvalue weighted by Crippen LogP contribution is -2.41. The quantitative estimate of drug-likeness (QED) is 0.787. The first kappa shape index (κ1) is 13.0. The second-order valence-electron chi connectivity index (χ2n) is 4.94. The Morgan fingerprint density at radius 3 is 2.70 bits per heavy atom. The minimum Gasteiger partial charge on any atom is -0.370 e. The van der Waals surface area contributed by atoms with Crippen molar-refractivity contribution in [2.24, 2.45) is 5.73 Å². The van der Waals surface area contributed by atoms with Crippen LogP contribution in [-0.4, -0.2) is 49.1 Å². The molecule has 0 aromatic carbocycles. The molecule has 0 radical (unpaired) electrons. The van der Waals surface area contributed by atoms with Gasteiger partial charge in [-0.2, -0.15) is 0 Å². The van der Waals surface area contributed by atoms with E-state index < -0.39 is 0 Å². The highest BCUT2D eigenvalue weighted by molar-refractivity contribution is 5.96. The molecule has 1 atom stereocenters. The second kappa shape index (κ2) is 5.18. The van der Waals surface area contributed by atoms with Crippen LogP contribution in [0.4, 0.5) is 11.5 Å². The summed E-state index contributed by atoms with van der Waals surface area (Å²) in [5.41, 5.74) is 6.48. The van der Waals surface area contributed by atoms with Crippen molar-refractivity contribution in [2.75, 3.05) is 36.1 Å². The summed E-state index contributed by atoms with van der Waals surface area (Å²) in [6, 6.07) is 3.40. The molecule has 2 saturated heterocycles. The summed E-state index contributed by atoms with van der Waals surface area (Å²) in [7, 11) is 0. The predicted octanol–water partition coefficient (Wildman–Crippen LogP) is -0.491. The lowest BCUT2D eigenvalue weighted by Gasteiger charge is -2.26. The van der Waals surface area contributed by atoms with Crippen molar-refractivity contribution >= 4 is 23.3 Å². The summed E-state index contributed by atoms with van der Waals surface area (Å²) in [5.74, 6) is 0.484. The summed E-state index contributed by atoms with van der Waals surface area (Å²) in [6.45, 7) is 1.63. The number of hydrogen-bond acceptors (Lipinski definition) is 5. The average molecular weight is 276 g/mol. The lowest BCUT2D eigenvalue weighted by atomic mass is 10.3. The number of ether oxygens (including phenoxy) is 1. The molecule has 1 aromatic heterocycles. The zero-order chi connectivity index (χ0) is 14.1. The van der Waals surface area contributed by atoms with E-state index in [2.05, 4.69) is 4.98 Å². The summed E-state index contributed by atoms with van der Waals surface area (Å²) in [4.78, 5) is 31.0. The van der Waals surface area contributed by atoms with Crippen molar-refractivity contribution in [2.45, 2.75) is 12.5 Å². The molecule has 0 saturated carbocycles. The molecule has 2 fully saturated rings. The minimum absolute atomic E-state index is 0.0137. The van der Waals surface area contributed by atoms with Gasteiger partial charge in [-0.3, -0.25) is 14.5 Å². The Balaban J connectivity index is 1.77. The van der Waals surface area contributed by atoms with E-state index in [1.165, 1.54) is 0 Å². The van der Waals surface area contributed by atoms with E-state index in [9.17, 15) is 9.59 Å². The fourth-order valence-corrected chi connectivity index (χ4v) is 2.45. The van der Waals surface area contributed by atoms with Crippen molar-refractivity contribution in [3.05, 3.63) is 18.3 Å². The van der Waals surface area contributed by atoms with Crippen LogP contribution >= 0.6 is 0 Å². The van der Waals surface area contributed by atoms with Crippen LogP contribution in [0.3, 0.4) is 0 Å².